The largest absolute Gasteiger partial charge is 0.478 e. The van der Waals surface area contributed by atoms with Crippen molar-refractivity contribution in [2.75, 3.05) is 11.9 Å². The molecule has 19 heavy (non-hydrogen) atoms. The number of carbonyl (C=O) groups is 1. The molecule has 0 aliphatic rings. The summed E-state index contributed by atoms with van der Waals surface area (Å²) < 4.78 is 0. The number of nitrogens with zero attached hydrogens (tertiary/aromatic N) is 1. The summed E-state index contributed by atoms with van der Waals surface area (Å²) in [4.78, 5) is 15.0. The summed E-state index contributed by atoms with van der Waals surface area (Å²) in [5.41, 5.74) is 1.87. The van der Waals surface area contributed by atoms with Gasteiger partial charge in [-0.2, -0.15) is 0 Å². The molecule has 0 radical (unpaired) electrons. The molecule has 0 aliphatic heterocycles. The van der Waals surface area contributed by atoms with E-state index in [1.54, 1.807) is 0 Å². The topological polar surface area (TPSA) is 62.2 Å². The fourth-order valence-electron chi connectivity index (χ4n) is 2.00. The van der Waals surface area contributed by atoms with Crippen molar-refractivity contribution in [3.63, 3.8) is 0 Å². The fourth-order valence-corrected chi connectivity index (χ4v) is 2.00. The molecule has 1 rings (SSSR count). The third kappa shape index (κ3) is 4.73. The number of carboxylic acids is 1. The highest BCUT2D eigenvalue weighted by Crippen LogP contribution is 2.19. The summed E-state index contributed by atoms with van der Waals surface area (Å²) in [7, 11) is 0. The molecule has 2 N–H and O–H groups in total. The molecular weight excluding hydrogens is 240 g/mol. The molecular formula is C15H22N2O2. The second-order valence-electron chi connectivity index (χ2n) is 4.72. The summed E-state index contributed by atoms with van der Waals surface area (Å²) in [6, 6.07) is 1.49. The summed E-state index contributed by atoms with van der Waals surface area (Å²) in [6.07, 6.45) is 6.27. The highest BCUT2D eigenvalue weighted by atomic mass is 16.4. The quantitative estimate of drug-likeness (QED) is 0.703. The second kappa shape index (κ2) is 7.56. The molecule has 0 saturated heterocycles. The predicted molar refractivity (Wildman–Crippen MR) is 77.5 cm³/mol. The van der Waals surface area contributed by atoms with E-state index >= 15 is 0 Å². The molecule has 0 unspecified atom stereocenters. The molecule has 0 aromatic carbocycles. The van der Waals surface area contributed by atoms with Crippen molar-refractivity contribution in [3.05, 3.63) is 36.2 Å². The van der Waals surface area contributed by atoms with Crippen molar-refractivity contribution in [1.29, 1.82) is 0 Å². The van der Waals surface area contributed by atoms with Gasteiger partial charge in [-0.15, -0.1) is 0 Å². The van der Waals surface area contributed by atoms with E-state index < -0.39 is 5.97 Å². The van der Waals surface area contributed by atoms with Crippen LogP contribution in [0.15, 0.2) is 30.6 Å². The van der Waals surface area contributed by atoms with Crippen LogP contribution < -0.4 is 5.32 Å². The number of hydrogen-bond donors (Lipinski definition) is 2. The first-order valence-electron chi connectivity index (χ1n) is 6.66. The minimum atomic E-state index is -0.949. The zero-order valence-corrected chi connectivity index (χ0v) is 11.6. The summed E-state index contributed by atoms with van der Waals surface area (Å²) in [5, 5.41) is 12.2. The number of nitrogens with one attached hydrogen (secondary N) is 1. The molecule has 0 amide bonds. The fraction of sp³-hybridized carbons (Fsp3) is 0.467. The second-order valence-corrected chi connectivity index (χ2v) is 4.72. The number of aromatic nitrogens is 1. The normalized spacial score (nSPS) is 10.5. The molecule has 0 aliphatic carbocycles. The van der Waals surface area contributed by atoms with Gasteiger partial charge in [0.1, 0.15) is 0 Å². The summed E-state index contributed by atoms with van der Waals surface area (Å²) >= 11 is 0. The van der Waals surface area contributed by atoms with Crippen molar-refractivity contribution >= 4 is 11.7 Å². The van der Waals surface area contributed by atoms with E-state index in [0.717, 1.165) is 24.8 Å². The molecule has 1 aromatic heterocycles. The first-order chi connectivity index (χ1) is 9.08. The van der Waals surface area contributed by atoms with Crippen molar-refractivity contribution in [2.45, 2.75) is 33.1 Å². The number of carboxylic acid groups (broad SMARTS) is 1. The van der Waals surface area contributed by atoms with Gasteiger partial charge in [0.25, 0.3) is 0 Å². The van der Waals surface area contributed by atoms with E-state index in [1.165, 1.54) is 18.5 Å². The Kier molecular flexibility index (Phi) is 6.06. The lowest BCUT2D eigenvalue weighted by Gasteiger charge is -2.15. The zero-order chi connectivity index (χ0) is 14.3. The van der Waals surface area contributed by atoms with Gasteiger partial charge in [0.05, 0.1) is 17.4 Å². The van der Waals surface area contributed by atoms with E-state index in [-0.39, 0.29) is 5.56 Å². The van der Waals surface area contributed by atoms with Crippen LogP contribution in [-0.2, 0) is 0 Å². The van der Waals surface area contributed by atoms with Gasteiger partial charge < -0.3 is 10.4 Å². The Bertz CT molecular complexity index is 440. The average Bonchev–Trinajstić information content (AvgIpc) is 2.42. The van der Waals surface area contributed by atoms with Crippen molar-refractivity contribution in [3.8, 4) is 0 Å². The molecule has 0 bridgehead atoms. The van der Waals surface area contributed by atoms with E-state index in [2.05, 4.69) is 30.7 Å². The number of aromatic carboxylic acids is 1. The first kappa shape index (κ1) is 15.2. The minimum absolute atomic E-state index is 0.241. The summed E-state index contributed by atoms with van der Waals surface area (Å²) in [6.45, 7) is 8.99. The van der Waals surface area contributed by atoms with Gasteiger partial charge in [-0.05, 0) is 18.4 Å². The Morgan fingerprint density at radius 1 is 1.47 bits per heavy atom. The SMILES string of the molecule is C=C(CNc1cnccc1C(=O)O)CC(CC)CC. The van der Waals surface area contributed by atoms with Crippen LogP contribution in [-0.4, -0.2) is 22.6 Å². The van der Waals surface area contributed by atoms with Crippen molar-refractivity contribution < 1.29 is 9.90 Å². The van der Waals surface area contributed by atoms with Gasteiger partial charge in [-0.25, -0.2) is 4.79 Å². The number of rotatable bonds is 8. The zero-order valence-electron chi connectivity index (χ0n) is 11.6. The van der Waals surface area contributed by atoms with E-state index in [9.17, 15) is 4.79 Å². The van der Waals surface area contributed by atoms with Crippen molar-refractivity contribution in [1.82, 2.24) is 4.98 Å². The molecule has 104 valence electrons. The molecule has 0 saturated carbocycles. The van der Waals surface area contributed by atoms with E-state index in [4.69, 9.17) is 5.11 Å². The van der Waals surface area contributed by atoms with Crippen molar-refractivity contribution in [2.24, 2.45) is 5.92 Å². The molecule has 0 fully saturated rings. The highest BCUT2D eigenvalue weighted by Gasteiger charge is 2.10. The lowest BCUT2D eigenvalue weighted by atomic mass is 9.95. The van der Waals surface area contributed by atoms with Gasteiger partial charge in [0.15, 0.2) is 0 Å². The molecule has 0 spiro atoms. The monoisotopic (exact) mass is 262 g/mol. The minimum Gasteiger partial charge on any atom is -0.478 e. The van der Waals surface area contributed by atoms with E-state index in [1.807, 2.05) is 0 Å². The maximum atomic E-state index is 11.0. The number of hydrogen-bond acceptors (Lipinski definition) is 3. The van der Waals surface area contributed by atoms with E-state index in [0.29, 0.717) is 18.2 Å². The van der Waals surface area contributed by atoms with Crippen LogP contribution in [0.2, 0.25) is 0 Å². The Morgan fingerprint density at radius 2 is 2.16 bits per heavy atom. The predicted octanol–water partition coefficient (Wildman–Crippen LogP) is 3.57. The van der Waals surface area contributed by atoms with Crippen LogP contribution in [0.1, 0.15) is 43.5 Å². The average molecular weight is 262 g/mol. The standard InChI is InChI=1S/C15H22N2O2/c1-4-12(5-2)8-11(3)9-17-14-10-16-7-6-13(14)15(18)19/h6-7,10,12,17H,3-5,8-9H2,1-2H3,(H,18,19). The van der Waals surface area contributed by atoms with Crippen LogP contribution >= 0.6 is 0 Å². The smallest absolute Gasteiger partial charge is 0.337 e. The van der Waals surface area contributed by atoms with Gasteiger partial charge in [0.2, 0.25) is 0 Å². The molecule has 4 nitrogen and oxygen atoms in total. The molecule has 4 heteroatoms. The van der Waals surface area contributed by atoms with Gasteiger partial charge in [0, 0.05) is 12.7 Å². The molecule has 0 atom stereocenters. The number of anilines is 1. The van der Waals surface area contributed by atoms with Crippen LogP contribution in [0.5, 0.6) is 0 Å². The maximum absolute atomic E-state index is 11.0. The van der Waals surface area contributed by atoms with Crippen LogP contribution in [0.25, 0.3) is 0 Å². The summed E-state index contributed by atoms with van der Waals surface area (Å²) in [5.74, 6) is -0.294. The maximum Gasteiger partial charge on any atom is 0.337 e. The van der Waals surface area contributed by atoms with Crippen LogP contribution in [0, 0.1) is 5.92 Å². The Morgan fingerprint density at radius 3 is 2.74 bits per heavy atom. The highest BCUT2D eigenvalue weighted by molar-refractivity contribution is 5.93. The first-order valence-corrected chi connectivity index (χ1v) is 6.66. The molecule has 1 heterocycles. The lowest BCUT2D eigenvalue weighted by Crippen LogP contribution is -2.11. The van der Waals surface area contributed by atoms with Crippen LogP contribution in [0.4, 0.5) is 5.69 Å². The lowest BCUT2D eigenvalue weighted by molar-refractivity contribution is 0.0698. The Hall–Kier alpha value is -1.84. The third-order valence-electron chi connectivity index (χ3n) is 3.31. The van der Waals surface area contributed by atoms with Gasteiger partial charge >= 0.3 is 5.97 Å². The Balaban J connectivity index is 2.57. The Labute approximate surface area is 114 Å². The molecule has 1 aromatic rings. The van der Waals surface area contributed by atoms with Crippen LogP contribution in [0.3, 0.4) is 0 Å². The van der Waals surface area contributed by atoms with Gasteiger partial charge in [-0.3, -0.25) is 4.98 Å². The third-order valence-corrected chi connectivity index (χ3v) is 3.31. The number of pyridine rings is 1. The van der Waals surface area contributed by atoms with Gasteiger partial charge in [-0.1, -0.05) is 38.8 Å².